The Kier molecular flexibility index (Phi) is 5.64. The number of hydrogen-bond acceptors (Lipinski definition) is 3. The zero-order valence-electron chi connectivity index (χ0n) is 11.5. The molecule has 1 atom stereocenters. The van der Waals surface area contributed by atoms with Crippen LogP contribution in [0, 0.1) is 6.92 Å². The lowest BCUT2D eigenvalue weighted by Crippen LogP contribution is -2.34. The maximum absolute atomic E-state index is 12.4. The number of rotatable bonds is 6. The molecule has 19 heavy (non-hydrogen) atoms. The van der Waals surface area contributed by atoms with Gasteiger partial charge in [0, 0.05) is 6.04 Å². The monoisotopic (exact) mass is 304 g/mol. The summed E-state index contributed by atoms with van der Waals surface area (Å²) in [7, 11) is -3.55. The van der Waals surface area contributed by atoms with Crippen LogP contribution in [0.15, 0.2) is 17.0 Å². The highest BCUT2D eigenvalue weighted by Gasteiger charge is 2.21. The van der Waals surface area contributed by atoms with Crippen LogP contribution in [0.1, 0.15) is 38.7 Å². The standard InChI is InChI=1S/C13H21ClN2O2S/c1-4-6-10(5-2)16-19(17,18)13-8-12(15)11(14)7-9(13)3/h7-8,10,16H,4-6,15H2,1-3H3. The zero-order chi connectivity index (χ0) is 14.6. The van der Waals surface area contributed by atoms with Crippen LogP contribution in [-0.2, 0) is 10.0 Å². The molecule has 4 nitrogen and oxygen atoms in total. The first-order valence-corrected chi connectivity index (χ1v) is 8.25. The minimum absolute atomic E-state index is 0.0497. The van der Waals surface area contributed by atoms with Gasteiger partial charge in [-0.15, -0.1) is 0 Å². The molecule has 0 fully saturated rings. The molecule has 108 valence electrons. The number of benzene rings is 1. The molecule has 0 aliphatic carbocycles. The first-order valence-electron chi connectivity index (χ1n) is 6.39. The molecule has 1 unspecified atom stereocenters. The zero-order valence-corrected chi connectivity index (χ0v) is 13.1. The fourth-order valence-corrected chi connectivity index (χ4v) is 3.77. The van der Waals surface area contributed by atoms with Crippen LogP contribution in [0.25, 0.3) is 0 Å². The molecule has 3 N–H and O–H groups in total. The van der Waals surface area contributed by atoms with Crippen LogP contribution < -0.4 is 10.5 Å². The number of nitrogens with one attached hydrogen (secondary N) is 1. The molecule has 0 aliphatic heterocycles. The van der Waals surface area contributed by atoms with E-state index in [9.17, 15) is 8.42 Å². The van der Waals surface area contributed by atoms with E-state index in [2.05, 4.69) is 4.72 Å². The van der Waals surface area contributed by atoms with E-state index in [1.807, 2.05) is 13.8 Å². The van der Waals surface area contributed by atoms with E-state index < -0.39 is 10.0 Å². The van der Waals surface area contributed by atoms with E-state index in [0.717, 1.165) is 19.3 Å². The number of nitrogens with two attached hydrogens (primary N) is 1. The van der Waals surface area contributed by atoms with Crippen LogP contribution in [-0.4, -0.2) is 14.5 Å². The fourth-order valence-electron chi connectivity index (χ4n) is 1.94. The van der Waals surface area contributed by atoms with Gasteiger partial charge in [-0.3, -0.25) is 0 Å². The Morgan fingerprint density at radius 1 is 1.37 bits per heavy atom. The van der Waals surface area contributed by atoms with Crippen molar-refractivity contribution >= 4 is 27.3 Å². The van der Waals surface area contributed by atoms with Crippen LogP contribution in [0.5, 0.6) is 0 Å². The van der Waals surface area contributed by atoms with E-state index in [1.54, 1.807) is 13.0 Å². The second kappa shape index (κ2) is 6.59. The van der Waals surface area contributed by atoms with Crippen LogP contribution >= 0.6 is 11.6 Å². The van der Waals surface area contributed by atoms with Gasteiger partial charge < -0.3 is 5.73 Å². The highest BCUT2D eigenvalue weighted by molar-refractivity contribution is 7.89. The molecule has 0 heterocycles. The number of halogens is 1. The Hall–Kier alpha value is -0.780. The maximum atomic E-state index is 12.4. The van der Waals surface area contributed by atoms with Crippen molar-refractivity contribution < 1.29 is 8.42 Å². The number of hydrogen-bond donors (Lipinski definition) is 2. The Balaban J connectivity index is 3.10. The summed E-state index contributed by atoms with van der Waals surface area (Å²) in [5.41, 5.74) is 6.55. The number of aryl methyl sites for hydroxylation is 1. The predicted molar refractivity (Wildman–Crippen MR) is 79.9 cm³/mol. The second-order valence-electron chi connectivity index (χ2n) is 4.65. The molecular formula is C13H21ClN2O2S. The summed E-state index contributed by atoms with van der Waals surface area (Å²) in [5, 5.41) is 0.372. The molecule has 0 aliphatic rings. The number of anilines is 1. The lowest BCUT2D eigenvalue weighted by molar-refractivity contribution is 0.512. The number of sulfonamides is 1. The van der Waals surface area contributed by atoms with Gasteiger partial charge in [0.15, 0.2) is 0 Å². The summed E-state index contributed by atoms with van der Waals surface area (Å²) in [5.74, 6) is 0. The van der Waals surface area contributed by atoms with Gasteiger partial charge in [-0.25, -0.2) is 13.1 Å². The predicted octanol–water partition coefficient (Wildman–Crippen LogP) is 3.09. The smallest absolute Gasteiger partial charge is 0.241 e. The van der Waals surface area contributed by atoms with Gasteiger partial charge in [0.05, 0.1) is 15.6 Å². The van der Waals surface area contributed by atoms with Crippen molar-refractivity contribution in [3.8, 4) is 0 Å². The largest absolute Gasteiger partial charge is 0.397 e. The van der Waals surface area contributed by atoms with Crippen LogP contribution in [0.4, 0.5) is 5.69 Å². The van der Waals surface area contributed by atoms with E-state index in [1.165, 1.54) is 6.07 Å². The van der Waals surface area contributed by atoms with Crippen molar-refractivity contribution in [3.05, 3.63) is 22.7 Å². The molecule has 0 amide bonds. The molecule has 0 saturated carbocycles. The van der Waals surface area contributed by atoms with Crippen molar-refractivity contribution in [1.82, 2.24) is 4.72 Å². The average Bonchev–Trinajstić information content (AvgIpc) is 2.32. The Morgan fingerprint density at radius 3 is 2.53 bits per heavy atom. The minimum Gasteiger partial charge on any atom is -0.397 e. The Morgan fingerprint density at radius 2 is 2.00 bits per heavy atom. The maximum Gasteiger partial charge on any atom is 0.241 e. The summed E-state index contributed by atoms with van der Waals surface area (Å²) in [4.78, 5) is 0.198. The Bertz CT molecular complexity index is 544. The summed E-state index contributed by atoms with van der Waals surface area (Å²) in [6.45, 7) is 5.70. The first kappa shape index (κ1) is 16.3. The fraction of sp³-hybridized carbons (Fsp3) is 0.538. The summed E-state index contributed by atoms with van der Waals surface area (Å²) in [6.07, 6.45) is 2.51. The van der Waals surface area contributed by atoms with Gasteiger partial charge >= 0.3 is 0 Å². The Labute approximate surface area is 120 Å². The van der Waals surface area contributed by atoms with E-state index in [0.29, 0.717) is 10.6 Å². The molecule has 0 spiro atoms. The third kappa shape index (κ3) is 4.09. The highest BCUT2D eigenvalue weighted by Crippen LogP contribution is 2.26. The minimum atomic E-state index is -3.55. The second-order valence-corrected chi connectivity index (χ2v) is 6.74. The highest BCUT2D eigenvalue weighted by atomic mass is 35.5. The van der Waals surface area contributed by atoms with Crippen molar-refractivity contribution in [2.24, 2.45) is 0 Å². The van der Waals surface area contributed by atoms with Gasteiger partial charge in [0.25, 0.3) is 0 Å². The topological polar surface area (TPSA) is 72.2 Å². The normalized spacial score (nSPS) is 13.5. The van der Waals surface area contributed by atoms with Crippen LogP contribution in [0.2, 0.25) is 5.02 Å². The molecular weight excluding hydrogens is 284 g/mol. The van der Waals surface area contributed by atoms with Gasteiger partial charge in [0.1, 0.15) is 0 Å². The lowest BCUT2D eigenvalue weighted by Gasteiger charge is -2.17. The van der Waals surface area contributed by atoms with Gasteiger partial charge in [-0.2, -0.15) is 0 Å². The van der Waals surface area contributed by atoms with Crippen molar-refractivity contribution in [2.45, 2.75) is 51.0 Å². The molecule has 0 saturated heterocycles. The summed E-state index contributed by atoms with van der Waals surface area (Å²) >= 11 is 5.88. The van der Waals surface area contributed by atoms with Gasteiger partial charge in [0.2, 0.25) is 10.0 Å². The quantitative estimate of drug-likeness (QED) is 0.793. The summed E-state index contributed by atoms with van der Waals surface area (Å²) < 4.78 is 27.4. The van der Waals surface area contributed by atoms with Crippen molar-refractivity contribution in [1.29, 1.82) is 0 Å². The molecule has 0 bridgehead atoms. The summed E-state index contributed by atoms with van der Waals surface area (Å²) in [6, 6.07) is 2.94. The van der Waals surface area contributed by atoms with Crippen LogP contribution in [0.3, 0.4) is 0 Å². The number of nitrogen functional groups attached to an aromatic ring is 1. The molecule has 1 aromatic carbocycles. The third-order valence-electron chi connectivity index (χ3n) is 3.04. The van der Waals surface area contributed by atoms with Gasteiger partial charge in [-0.1, -0.05) is 31.9 Å². The van der Waals surface area contributed by atoms with Crippen molar-refractivity contribution in [2.75, 3.05) is 5.73 Å². The first-order chi connectivity index (χ1) is 8.81. The third-order valence-corrected chi connectivity index (χ3v) is 5.03. The molecule has 0 radical (unpaired) electrons. The lowest BCUT2D eigenvalue weighted by atomic mass is 10.1. The average molecular weight is 305 g/mol. The SMILES string of the molecule is CCCC(CC)NS(=O)(=O)c1cc(N)c(Cl)cc1C. The van der Waals surface area contributed by atoms with Gasteiger partial charge in [-0.05, 0) is 37.5 Å². The molecule has 1 rings (SSSR count). The van der Waals surface area contributed by atoms with E-state index in [-0.39, 0.29) is 16.6 Å². The molecule has 6 heteroatoms. The molecule has 0 aromatic heterocycles. The molecule has 1 aromatic rings. The van der Waals surface area contributed by atoms with E-state index in [4.69, 9.17) is 17.3 Å². The van der Waals surface area contributed by atoms with Crippen molar-refractivity contribution in [3.63, 3.8) is 0 Å². The van der Waals surface area contributed by atoms with E-state index >= 15 is 0 Å².